The van der Waals surface area contributed by atoms with Crippen molar-refractivity contribution in [2.45, 2.75) is 31.6 Å². The number of likely N-dealkylation sites (tertiary alicyclic amines) is 1. The Balaban J connectivity index is 1.88. The van der Waals surface area contributed by atoms with Crippen molar-refractivity contribution in [1.82, 2.24) is 14.8 Å². The number of benzene rings is 1. The quantitative estimate of drug-likeness (QED) is 0.635. The fourth-order valence-corrected chi connectivity index (χ4v) is 3.97. The summed E-state index contributed by atoms with van der Waals surface area (Å²) in [4.78, 5) is 46.4. The van der Waals surface area contributed by atoms with Crippen molar-refractivity contribution in [3.05, 3.63) is 66.0 Å². The number of hydrogen-bond donors (Lipinski definition) is 1. The zero-order valence-electron chi connectivity index (χ0n) is 17.2. The molecule has 1 aromatic carbocycles. The van der Waals surface area contributed by atoms with Gasteiger partial charge >= 0.3 is 0 Å². The number of hydrogen-bond acceptors (Lipinski definition) is 5. The maximum Gasteiger partial charge on any atom is 0.240 e. The Bertz CT molecular complexity index is 888. The van der Waals surface area contributed by atoms with Crippen LogP contribution in [0.5, 0.6) is 0 Å². The third-order valence-corrected chi connectivity index (χ3v) is 5.61. The summed E-state index contributed by atoms with van der Waals surface area (Å²) in [6.07, 6.45) is 2.00. The van der Waals surface area contributed by atoms with Gasteiger partial charge in [-0.25, -0.2) is 0 Å². The van der Waals surface area contributed by atoms with E-state index in [9.17, 15) is 19.5 Å². The van der Waals surface area contributed by atoms with Crippen molar-refractivity contribution in [3.8, 4) is 0 Å². The van der Waals surface area contributed by atoms with E-state index in [0.717, 1.165) is 5.69 Å². The van der Waals surface area contributed by atoms with Crippen molar-refractivity contribution in [2.75, 3.05) is 26.2 Å². The lowest BCUT2D eigenvalue weighted by molar-refractivity contribution is -0.142. The summed E-state index contributed by atoms with van der Waals surface area (Å²) in [6.45, 7) is 2.53. The summed E-state index contributed by atoms with van der Waals surface area (Å²) in [7, 11) is 0. The number of aliphatic hydroxyl groups is 1. The first-order valence-corrected chi connectivity index (χ1v) is 10.2. The summed E-state index contributed by atoms with van der Waals surface area (Å²) in [5, 5.41) is 9.24. The number of rotatable bonds is 9. The van der Waals surface area contributed by atoms with E-state index in [-0.39, 0.29) is 50.3 Å². The van der Waals surface area contributed by atoms with E-state index in [4.69, 9.17) is 0 Å². The number of aromatic nitrogens is 1. The Hall–Kier alpha value is -3.06. The SMILES string of the molecule is CCN(CCO)C(=O)C[C@@]1(c2ccccc2)CC(=O)N(CCc2ccccn2)C1=O. The molecule has 1 atom stereocenters. The first-order valence-electron chi connectivity index (χ1n) is 10.2. The van der Waals surface area contributed by atoms with Crippen molar-refractivity contribution >= 4 is 17.7 Å². The number of amides is 3. The van der Waals surface area contributed by atoms with Gasteiger partial charge in [0.15, 0.2) is 0 Å². The third kappa shape index (κ3) is 4.41. The van der Waals surface area contributed by atoms with Crippen LogP contribution in [0.2, 0.25) is 0 Å². The van der Waals surface area contributed by atoms with Gasteiger partial charge in [-0.2, -0.15) is 0 Å². The normalized spacial score (nSPS) is 18.7. The van der Waals surface area contributed by atoms with Crippen LogP contribution in [0.1, 0.15) is 31.0 Å². The average Bonchev–Trinajstić information content (AvgIpc) is 3.01. The number of carbonyl (C=O) groups excluding carboxylic acids is 3. The fourth-order valence-electron chi connectivity index (χ4n) is 3.97. The Morgan fingerprint density at radius 2 is 1.90 bits per heavy atom. The number of aliphatic hydroxyl groups excluding tert-OH is 1. The molecule has 0 bridgehead atoms. The minimum absolute atomic E-state index is 0.0412. The van der Waals surface area contributed by atoms with E-state index in [2.05, 4.69) is 4.98 Å². The summed E-state index contributed by atoms with van der Waals surface area (Å²) in [5.41, 5.74) is 0.242. The standard InChI is InChI=1S/C23H27N3O4/c1-2-25(14-15-27)20(28)16-23(18-8-4-3-5-9-18)17-21(29)26(22(23)30)13-11-19-10-6-7-12-24-19/h3-10,12,27H,2,11,13-17H2,1H3/t23-/m0/s1. The molecule has 0 saturated carbocycles. The van der Waals surface area contributed by atoms with Crippen molar-refractivity contribution in [2.24, 2.45) is 0 Å². The van der Waals surface area contributed by atoms with E-state index in [1.807, 2.05) is 31.2 Å². The number of imide groups is 1. The van der Waals surface area contributed by atoms with Crippen LogP contribution in [0.4, 0.5) is 0 Å². The van der Waals surface area contributed by atoms with Gasteiger partial charge in [0.1, 0.15) is 0 Å². The molecule has 0 radical (unpaired) electrons. The molecule has 3 amide bonds. The highest BCUT2D eigenvalue weighted by atomic mass is 16.3. The number of pyridine rings is 1. The van der Waals surface area contributed by atoms with Crippen molar-refractivity contribution in [3.63, 3.8) is 0 Å². The molecule has 0 unspecified atom stereocenters. The fraction of sp³-hybridized carbons (Fsp3) is 0.391. The molecule has 1 aliphatic rings. The Kier molecular flexibility index (Phi) is 6.95. The second-order valence-corrected chi connectivity index (χ2v) is 7.42. The molecule has 3 rings (SSSR count). The third-order valence-electron chi connectivity index (χ3n) is 5.61. The van der Waals surface area contributed by atoms with Crippen LogP contribution in [-0.4, -0.2) is 63.9 Å². The number of likely N-dealkylation sites (N-methyl/N-ethyl adjacent to an activating group) is 1. The lowest BCUT2D eigenvalue weighted by Gasteiger charge is -2.30. The van der Waals surface area contributed by atoms with Gasteiger partial charge < -0.3 is 10.0 Å². The lowest BCUT2D eigenvalue weighted by atomic mass is 9.75. The van der Waals surface area contributed by atoms with Gasteiger partial charge in [-0.15, -0.1) is 0 Å². The summed E-state index contributed by atoms with van der Waals surface area (Å²) < 4.78 is 0. The Labute approximate surface area is 176 Å². The van der Waals surface area contributed by atoms with Crippen LogP contribution in [0.3, 0.4) is 0 Å². The van der Waals surface area contributed by atoms with Gasteiger partial charge in [-0.1, -0.05) is 36.4 Å². The molecule has 7 heteroatoms. The first kappa shape index (κ1) is 21.6. The molecule has 158 valence electrons. The molecule has 1 N–H and O–H groups in total. The predicted molar refractivity (Wildman–Crippen MR) is 111 cm³/mol. The van der Waals surface area contributed by atoms with E-state index < -0.39 is 5.41 Å². The van der Waals surface area contributed by atoms with E-state index >= 15 is 0 Å². The monoisotopic (exact) mass is 409 g/mol. The Morgan fingerprint density at radius 3 is 2.53 bits per heavy atom. The first-order chi connectivity index (χ1) is 14.5. The van der Waals surface area contributed by atoms with Gasteiger partial charge in [0, 0.05) is 50.8 Å². The van der Waals surface area contributed by atoms with Crippen molar-refractivity contribution in [1.29, 1.82) is 0 Å². The zero-order valence-corrected chi connectivity index (χ0v) is 17.2. The van der Waals surface area contributed by atoms with Crippen LogP contribution >= 0.6 is 0 Å². The largest absolute Gasteiger partial charge is 0.395 e. The van der Waals surface area contributed by atoms with Gasteiger partial charge in [0.25, 0.3) is 0 Å². The van der Waals surface area contributed by atoms with Crippen LogP contribution in [0.25, 0.3) is 0 Å². The highest BCUT2D eigenvalue weighted by molar-refractivity contribution is 6.10. The van der Waals surface area contributed by atoms with Crippen molar-refractivity contribution < 1.29 is 19.5 Å². The summed E-state index contributed by atoms with van der Waals surface area (Å²) in [6, 6.07) is 14.6. The molecule has 2 aromatic rings. The predicted octanol–water partition coefficient (Wildman–Crippen LogP) is 1.55. The van der Waals surface area contributed by atoms with E-state index in [1.54, 1.807) is 30.5 Å². The maximum atomic E-state index is 13.5. The molecule has 2 heterocycles. The minimum Gasteiger partial charge on any atom is -0.395 e. The molecule has 7 nitrogen and oxygen atoms in total. The molecule has 0 aliphatic carbocycles. The molecular weight excluding hydrogens is 382 g/mol. The maximum absolute atomic E-state index is 13.5. The van der Waals surface area contributed by atoms with Crippen LogP contribution in [0, 0.1) is 0 Å². The van der Waals surface area contributed by atoms with Crippen LogP contribution in [-0.2, 0) is 26.2 Å². The van der Waals surface area contributed by atoms with Gasteiger partial charge in [0.2, 0.25) is 17.7 Å². The highest BCUT2D eigenvalue weighted by Crippen LogP contribution is 2.40. The Morgan fingerprint density at radius 1 is 1.17 bits per heavy atom. The lowest BCUT2D eigenvalue weighted by Crippen LogP contribution is -2.44. The minimum atomic E-state index is -1.22. The highest BCUT2D eigenvalue weighted by Gasteiger charge is 2.53. The number of nitrogens with zero attached hydrogens (tertiary/aromatic N) is 3. The topological polar surface area (TPSA) is 90.8 Å². The average molecular weight is 409 g/mol. The molecule has 1 saturated heterocycles. The molecular formula is C23H27N3O4. The number of carbonyl (C=O) groups is 3. The molecule has 30 heavy (non-hydrogen) atoms. The van der Waals surface area contributed by atoms with Gasteiger partial charge in [-0.05, 0) is 24.6 Å². The second kappa shape index (κ2) is 9.63. The second-order valence-electron chi connectivity index (χ2n) is 7.42. The molecule has 1 aromatic heterocycles. The smallest absolute Gasteiger partial charge is 0.240 e. The van der Waals surface area contributed by atoms with Gasteiger partial charge in [0.05, 0.1) is 12.0 Å². The van der Waals surface area contributed by atoms with Crippen LogP contribution in [0.15, 0.2) is 54.7 Å². The zero-order chi connectivity index (χ0) is 21.6. The molecule has 1 aliphatic heterocycles. The summed E-state index contributed by atoms with van der Waals surface area (Å²) in [5.74, 6) is -0.871. The molecule has 0 spiro atoms. The van der Waals surface area contributed by atoms with E-state index in [1.165, 1.54) is 9.80 Å². The van der Waals surface area contributed by atoms with Gasteiger partial charge in [-0.3, -0.25) is 24.3 Å². The van der Waals surface area contributed by atoms with E-state index in [0.29, 0.717) is 18.5 Å². The summed E-state index contributed by atoms with van der Waals surface area (Å²) >= 11 is 0. The van der Waals surface area contributed by atoms with Crippen LogP contribution < -0.4 is 0 Å². The molecule has 1 fully saturated rings.